The molecule has 2 aliphatic carbocycles. The second-order valence-corrected chi connectivity index (χ2v) is 7.62. The van der Waals surface area contributed by atoms with E-state index in [9.17, 15) is 0 Å². The molecule has 2 bridgehead atoms. The summed E-state index contributed by atoms with van der Waals surface area (Å²) in [4.78, 5) is 2.47. The molecule has 0 saturated heterocycles. The smallest absolute Gasteiger partial charge is 0.0426 e. The van der Waals surface area contributed by atoms with Gasteiger partial charge < -0.3 is 10.6 Å². The molecule has 2 saturated carbocycles. The first kappa shape index (κ1) is 15.1. The molecule has 2 heteroatoms. The van der Waals surface area contributed by atoms with Crippen LogP contribution in [0.3, 0.4) is 0 Å². The summed E-state index contributed by atoms with van der Waals surface area (Å²) in [6.07, 6.45) is 5.94. The summed E-state index contributed by atoms with van der Waals surface area (Å²) in [6.45, 7) is 6.53. The molecule has 1 aromatic rings. The van der Waals surface area contributed by atoms with Crippen LogP contribution in [0.4, 0.5) is 0 Å². The first-order valence-electron chi connectivity index (χ1n) is 8.54. The zero-order valence-corrected chi connectivity index (χ0v) is 13.8. The van der Waals surface area contributed by atoms with Crippen molar-refractivity contribution in [3.63, 3.8) is 0 Å². The van der Waals surface area contributed by atoms with Crippen LogP contribution in [0.5, 0.6) is 0 Å². The Balaban J connectivity index is 1.55. The van der Waals surface area contributed by atoms with Gasteiger partial charge in [0.25, 0.3) is 0 Å². The van der Waals surface area contributed by atoms with E-state index in [2.05, 4.69) is 44.0 Å². The molecule has 0 heterocycles. The van der Waals surface area contributed by atoms with Gasteiger partial charge in [-0.2, -0.15) is 0 Å². The van der Waals surface area contributed by atoms with Crippen molar-refractivity contribution < 1.29 is 0 Å². The number of benzene rings is 1. The van der Waals surface area contributed by atoms with Crippen molar-refractivity contribution in [2.24, 2.45) is 23.5 Å². The number of nitrogens with zero attached hydrogens (tertiary/aromatic N) is 1. The molecule has 4 unspecified atom stereocenters. The van der Waals surface area contributed by atoms with Crippen molar-refractivity contribution in [1.29, 1.82) is 0 Å². The Bertz CT molecular complexity index is 496. The summed E-state index contributed by atoms with van der Waals surface area (Å²) in [6, 6.07) is 6.76. The number of hydrogen-bond donors (Lipinski definition) is 1. The average molecular weight is 286 g/mol. The van der Waals surface area contributed by atoms with Gasteiger partial charge in [0.1, 0.15) is 0 Å². The maximum absolute atomic E-state index is 6.46. The van der Waals surface area contributed by atoms with Gasteiger partial charge in [0.15, 0.2) is 0 Å². The van der Waals surface area contributed by atoms with Gasteiger partial charge in [0.2, 0.25) is 0 Å². The lowest BCUT2D eigenvalue weighted by molar-refractivity contribution is 0.212. The SMILES string of the molecule is Cc1ccc(C(N)CN(C)CC2CC3CCC2C3)c(C)c1. The highest BCUT2D eigenvalue weighted by atomic mass is 15.1. The van der Waals surface area contributed by atoms with E-state index in [1.807, 2.05) is 0 Å². The zero-order valence-electron chi connectivity index (χ0n) is 13.8. The van der Waals surface area contributed by atoms with Gasteiger partial charge in [-0.1, -0.05) is 30.2 Å². The van der Waals surface area contributed by atoms with Gasteiger partial charge in [0.05, 0.1) is 0 Å². The van der Waals surface area contributed by atoms with E-state index in [0.717, 1.165) is 24.3 Å². The van der Waals surface area contributed by atoms with E-state index in [0.29, 0.717) is 0 Å². The molecule has 2 fully saturated rings. The summed E-state index contributed by atoms with van der Waals surface area (Å²) < 4.78 is 0. The van der Waals surface area contributed by atoms with Crippen LogP contribution in [-0.2, 0) is 0 Å². The van der Waals surface area contributed by atoms with Crippen molar-refractivity contribution in [3.8, 4) is 0 Å². The van der Waals surface area contributed by atoms with Crippen LogP contribution in [0.1, 0.15) is 48.4 Å². The van der Waals surface area contributed by atoms with Crippen LogP contribution in [0.2, 0.25) is 0 Å². The van der Waals surface area contributed by atoms with Gasteiger partial charge in [0, 0.05) is 19.1 Å². The minimum atomic E-state index is 0.134. The lowest BCUT2D eigenvalue weighted by atomic mass is 9.88. The lowest BCUT2D eigenvalue weighted by Gasteiger charge is -2.29. The van der Waals surface area contributed by atoms with Gasteiger partial charge >= 0.3 is 0 Å². The van der Waals surface area contributed by atoms with E-state index >= 15 is 0 Å². The summed E-state index contributed by atoms with van der Waals surface area (Å²) in [5.74, 6) is 2.98. The molecule has 2 nitrogen and oxygen atoms in total. The normalized spacial score (nSPS) is 29.3. The second-order valence-electron chi connectivity index (χ2n) is 7.62. The monoisotopic (exact) mass is 286 g/mol. The Hall–Kier alpha value is -0.860. The van der Waals surface area contributed by atoms with Gasteiger partial charge in [-0.15, -0.1) is 0 Å². The number of fused-ring (bicyclic) bond motifs is 2. The van der Waals surface area contributed by atoms with Crippen LogP contribution in [-0.4, -0.2) is 25.0 Å². The number of aryl methyl sites for hydroxylation is 2. The Morgan fingerprint density at radius 1 is 1.24 bits per heavy atom. The summed E-state index contributed by atoms with van der Waals surface area (Å²) in [5, 5.41) is 0. The lowest BCUT2D eigenvalue weighted by Crippen LogP contribution is -2.34. The molecule has 116 valence electrons. The Kier molecular flexibility index (Phi) is 4.37. The van der Waals surface area contributed by atoms with E-state index in [4.69, 9.17) is 5.73 Å². The first-order valence-corrected chi connectivity index (χ1v) is 8.54. The van der Waals surface area contributed by atoms with Crippen LogP contribution >= 0.6 is 0 Å². The summed E-state index contributed by atoms with van der Waals surface area (Å²) in [5.41, 5.74) is 10.4. The number of hydrogen-bond acceptors (Lipinski definition) is 2. The molecule has 4 atom stereocenters. The second kappa shape index (κ2) is 6.10. The molecule has 0 spiro atoms. The van der Waals surface area contributed by atoms with Crippen LogP contribution in [0.15, 0.2) is 18.2 Å². The van der Waals surface area contributed by atoms with Crippen molar-refractivity contribution in [3.05, 3.63) is 34.9 Å². The predicted octanol–water partition coefficient (Wildman–Crippen LogP) is 3.67. The molecule has 2 N–H and O–H groups in total. The zero-order chi connectivity index (χ0) is 15.0. The van der Waals surface area contributed by atoms with E-state index in [1.54, 1.807) is 0 Å². The molecule has 0 aromatic heterocycles. The fourth-order valence-corrected chi connectivity index (χ4v) is 4.75. The van der Waals surface area contributed by atoms with Crippen molar-refractivity contribution in [2.75, 3.05) is 20.1 Å². The van der Waals surface area contributed by atoms with Gasteiger partial charge in [-0.3, -0.25) is 0 Å². The van der Waals surface area contributed by atoms with Crippen LogP contribution in [0, 0.1) is 31.6 Å². The number of likely N-dealkylation sites (N-methyl/N-ethyl adjacent to an activating group) is 1. The Morgan fingerprint density at radius 3 is 2.67 bits per heavy atom. The summed E-state index contributed by atoms with van der Waals surface area (Å²) in [7, 11) is 2.25. The minimum absolute atomic E-state index is 0.134. The maximum atomic E-state index is 6.46. The van der Waals surface area contributed by atoms with Crippen molar-refractivity contribution >= 4 is 0 Å². The highest BCUT2D eigenvalue weighted by Gasteiger charge is 2.39. The van der Waals surface area contributed by atoms with Crippen LogP contribution < -0.4 is 5.73 Å². The molecule has 0 radical (unpaired) electrons. The Labute approximate surface area is 129 Å². The van der Waals surface area contributed by atoms with Crippen LogP contribution in [0.25, 0.3) is 0 Å². The fourth-order valence-electron chi connectivity index (χ4n) is 4.75. The molecule has 0 aliphatic heterocycles. The minimum Gasteiger partial charge on any atom is -0.323 e. The highest BCUT2D eigenvalue weighted by molar-refractivity contribution is 5.32. The topological polar surface area (TPSA) is 29.3 Å². The largest absolute Gasteiger partial charge is 0.323 e. The predicted molar refractivity (Wildman–Crippen MR) is 89.3 cm³/mol. The van der Waals surface area contributed by atoms with Gasteiger partial charge in [-0.05, 0) is 69.0 Å². The third kappa shape index (κ3) is 3.32. The number of rotatable bonds is 5. The third-order valence-electron chi connectivity index (χ3n) is 5.76. The van der Waals surface area contributed by atoms with Crippen molar-refractivity contribution in [2.45, 2.75) is 45.6 Å². The fraction of sp³-hybridized carbons (Fsp3) is 0.684. The molecule has 2 aliphatic rings. The third-order valence-corrected chi connectivity index (χ3v) is 5.76. The van der Waals surface area contributed by atoms with E-state index in [-0.39, 0.29) is 6.04 Å². The first-order chi connectivity index (χ1) is 10.0. The van der Waals surface area contributed by atoms with Gasteiger partial charge in [-0.25, -0.2) is 0 Å². The standard InChI is InChI=1S/C19H30N2/c1-13-4-7-18(14(2)8-13)19(20)12-21(3)11-17-10-15-5-6-16(17)9-15/h4,7-8,15-17,19H,5-6,9-12,20H2,1-3H3. The highest BCUT2D eigenvalue weighted by Crippen LogP contribution is 2.48. The molecule has 21 heavy (non-hydrogen) atoms. The average Bonchev–Trinajstić information content (AvgIpc) is 3.00. The number of nitrogens with two attached hydrogens (primary N) is 1. The quantitative estimate of drug-likeness (QED) is 0.895. The summed E-state index contributed by atoms with van der Waals surface area (Å²) >= 11 is 0. The van der Waals surface area contributed by atoms with E-state index < -0.39 is 0 Å². The molecular formula is C19H30N2. The molecule has 1 aromatic carbocycles. The molecule has 0 amide bonds. The van der Waals surface area contributed by atoms with E-state index in [1.165, 1.54) is 48.9 Å². The van der Waals surface area contributed by atoms with Crippen molar-refractivity contribution in [1.82, 2.24) is 4.90 Å². The molecule has 3 rings (SSSR count). The molecular weight excluding hydrogens is 256 g/mol. The Morgan fingerprint density at radius 2 is 2.05 bits per heavy atom. The maximum Gasteiger partial charge on any atom is 0.0426 e.